The van der Waals surface area contributed by atoms with E-state index < -0.39 is 5.54 Å². The molecule has 2 saturated heterocycles. The van der Waals surface area contributed by atoms with Crippen molar-refractivity contribution in [3.63, 3.8) is 0 Å². The summed E-state index contributed by atoms with van der Waals surface area (Å²) < 4.78 is 5.17. The van der Waals surface area contributed by atoms with E-state index in [-0.39, 0.29) is 12.0 Å². The van der Waals surface area contributed by atoms with Crippen molar-refractivity contribution in [1.29, 1.82) is 0 Å². The van der Waals surface area contributed by atoms with Gasteiger partial charge in [-0.05, 0) is 37.5 Å². The lowest BCUT2D eigenvalue weighted by atomic mass is 9.94. The summed E-state index contributed by atoms with van der Waals surface area (Å²) in [7, 11) is 1.47. The summed E-state index contributed by atoms with van der Waals surface area (Å²) in [5, 5.41) is 3.89. The van der Waals surface area contributed by atoms with E-state index in [1.807, 2.05) is 13.0 Å². The molecule has 2 heterocycles. The highest BCUT2D eigenvalue weighted by Gasteiger charge is 2.57. The van der Waals surface area contributed by atoms with Crippen molar-refractivity contribution in [3.05, 3.63) is 35.9 Å². The molecule has 2 fully saturated rings. The molecule has 2 atom stereocenters. The molecule has 2 bridgehead atoms. The van der Waals surface area contributed by atoms with Crippen LogP contribution in [0.5, 0.6) is 0 Å². The second kappa shape index (κ2) is 7.07. The first kappa shape index (κ1) is 17.2. The third-order valence-electron chi connectivity index (χ3n) is 5.03. The zero-order valence-corrected chi connectivity index (χ0v) is 15.1. The van der Waals surface area contributed by atoms with Crippen LogP contribution >= 0.6 is 12.2 Å². The fourth-order valence-corrected chi connectivity index (χ4v) is 4.55. The van der Waals surface area contributed by atoms with Crippen molar-refractivity contribution in [2.45, 2.75) is 37.9 Å². The number of esters is 1. The molecule has 3 rings (SSSR count). The average molecular weight is 347 g/mol. The summed E-state index contributed by atoms with van der Waals surface area (Å²) in [4.78, 5) is 17.2. The van der Waals surface area contributed by atoms with Crippen molar-refractivity contribution >= 4 is 23.3 Å². The highest BCUT2D eigenvalue weighted by Crippen LogP contribution is 2.40. The van der Waals surface area contributed by atoms with Crippen LogP contribution in [-0.4, -0.2) is 59.2 Å². The summed E-state index contributed by atoms with van der Waals surface area (Å²) >= 11 is 5.56. The van der Waals surface area contributed by atoms with Crippen LogP contribution in [0.1, 0.15) is 25.3 Å². The van der Waals surface area contributed by atoms with Gasteiger partial charge in [0.15, 0.2) is 10.7 Å². The van der Waals surface area contributed by atoms with Gasteiger partial charge in [-0.15, -0.1) is 0 Å². The predicted molar refractivity (Wildman–Crippen MR) is 97.6 cm³/mol. The van der Waals surface area contributed by atoms with E-state index in [1.54, 1.807) is 0 Å². The van der Waals surface area contributed by atoms with E-state index in [2.05, 4.69) is 39.4 Å². The van der Waals surface area contributed by atoms with Crippen LogP contribution in [0.3, 0.4) is 0 Å². The van der Waals surface area contributed by atoms with Crippen molar-refractivity contribution in [2.75, 3.05) is 26.7 Å². The van der Waals surface area contributed by atoms with Gasteiger partial charge in [-0.3, -0.25) is 4.90 Å². The van der Waals surface area contributed by atoms with Gasteiger partial charge in [-0.25, -0.2) is 4.79 Å². The molecule has 1 aromatic rings. The summed E-state index contributed by atoms with van der Waals surface area (Å²) in [6.45, 7) is 5.19. The third kappa shape index (κ3) is 3.00. The standard InChI is InChI=1S/C18H25N3O2S/c1-3-19-17(24)21-15-9-10-18(21,16(22)23-2)13-20(12-15)11-14-7-5-4-6-8-14/h4-8,15H,3,9-13H2,1-2H3,(H,19,24). The van der Waals surface area contributed by atoms with Gasteiger partial charge in [0.05, 0.1) is 7.11 Å². The zero-order chi connectivity index (χ0) is 17.2. The molecule has 0 amide bonds. The van der Waals surface area contributed by atoms with Crippen molar-refractivity contribution < 1.29 is 9.53 Å². The topological polar surface area (TPSA) is 44.8 Å². The molecule has 2 aliphatic rings. The van der Waals surface area contributed by atoms with Crippen LogP contribution < -0.4 is 5.32 Å². The number of carbonyl (C=O) groups excluding carboxylic acids is 1. The third-order valence-corrected chi connectivity index (χ3v) is 5.37. The molecule has 0 aliphatic carbocycles. The minimum atomic E-state index is -0.661. The van der Waals surface area contributed by atoms with Crippen molar-refractivity contribution in [3.8, 4) is 0 Å². The Morgan fingerprint density at radius 3 is 2.83 bits per heavy atom. The molecule has 6 heteroatoms. The Morgan fingerprint density at radius 1 is 1.42 bits per heavy atom. The van der Waals surface area contributed by atoms with Crippen LogP contribution in [0.2, 0.25) is 0 Å². The number of piperazine rings is 1. The summed E-state index contributed by atoms with van der Waals surface area (Å²) in [6, 6.07) is 10.6. The lowest BCUT2D eigenvalue weighted by Crippen LogP contribution is -2.68. The van der Waals surface area contributed by atoms with Gasteiger partial charge in [0.25, 0.3) is 0 Å². The van der Waals surface area contributed by atoms with E-state index in [0.29, 0.717) is 11.7 Å². The van der Waals surface area contributed by atoms with E-state index in [9.17, 15) is 4.79 Å². The second-order valence-electron chi connectivity index (χ2n) is 6.58. The van der Waals surface area contributed by atoms with Crippen LogP contribution in [0, 0.1) is 0 Å². The Bertz CT molecular complexity index is 610. The number of methoxy groups -OCH3 is 1. The Kier molecular flexibility index (Phi) is 5.06. The fraction of sp³-hybridized carbons (Fsp3) is 0.556. The smallest absolute Gasteiger partial charge is 0.333 e. The molecular formula is C18H25N3O2S. The molecule has 130 valence electrons. The lowest BCUT2D eigenvalue weighted by molar-refractivity contribution is -0.155. The maximum atomic E-state index is 12.7. The first-order valence-electron chi connectivity index (χ1n) is 8.52. The average Bonchev–Trinajstić information content (AvgIpc) is 2.84. The molecule has 24 heavy (non-hydrogen) atoms. The number of hydrogen-bond donors (Lipinski definition) is 1. The number of rotatable bonds is 4. The number of nitrogens with one attached hydrogen (secondary N) is 1. The van der Waals surface area contributed by atoms with Gasteiger partial charge in [0.2, 0.25) is 0 Å². The van der Waals surface area contributed by atoms with E-state index >= 15 is 0 Å². The monoisotopic (exact) mass is 347 g/mol. The maximum absolute atomic E-state index is 12.7. The Morgan fingerprint density at radius 2 is 2.17 bits per heavy atom. The lowest BCUT2D eigenvalue weighted by Gasteiger charge is -2.48. The Balaban J connectivity index is 1.84. The largest absolute Gasteiger partial charge is 0.467 e. The molecule has 1 aromatic carbocycles. The number of nitrogens with zero attached hydrogens (tertiary/aromatic N) is 2. The molecule has 2 unspecified atom stereocenters. The first-order chi connectivity index (χ1) is 11.6. The molecule has 0 aromatic heterocycles. The van der Waals surface area contributed by atoms with Crippen LogP contribution in [0.25, 0.3) is 0 Å². The minimum Gasteiger partial charge on any atom is -0.467 e. The number of carbonyl (C=O) groups is 1. The molecule has 0 saturated carbocycles. The van der Waals surface area contributed by atoms with Gasteiger partial charge in [0, 0.05) is 32.2 Å². The van der Waals surface area contributed by atoms with Gasteiger partial charge < -0.3 is 15.0 Å². The van der Waals surface area contributed by atoms with Gasteiger partial charge >= 0.3 is 5.97 Å². The van der Waals surface area contributed by atoms with Gasteiger partial charge in [-0.2, -0.15) is 0 Å². The number of hydrogen-bond acceptors (Lipinski definition) is 4. The predicted octanol–water partition coefficient (Wildman–Crippen LogP) is 1.77. The summed E-state index contributed by atoms with van der Waals surface area (Å²) in [5.74, 6) is -0.178. The van der Waals surface area contributed by atoms with Gasteiger partial charge in [-0.1, -0.05) is 30.3 Å². The highest BCUT2D eigenvalue weighted by atomic mass is 32.1. The van der Waals surface area contributed by atoms with E-state index in [0.717, 1.165) is 32.5 Å². The molecule has 2 aliphatic heterocycles. The molecule has 0 radical (unpaired) electrons. The first-order valence-corrected chi connectivity index (χ1v) is 8.93. The Hall–Kier alpha value is -1.66. The number of benzene rings is 1. The van der Waals surface area contributed by atoms with Crippen molar-refractivity contribution in [2.24, 2.45) is 0 Å². The number of thiocarbonyl (C=S) groups is 1. The summed E-state index contributed by atoms with van der Waals surface area (Å²) in [6.07, 6.45) is 1.76. The SMILES string of the molecule is CCNC(=S)N1C2CCC1(C(=O)OC)CN(Cc1ccccc1)C2. The highest BCUT2D eigenvalue weighted by molar-refractivity contribution is 7.80. The van der Waals surface area contributed by atoms with Crippen LogP contribution in [0.15, 0.2) is 30.3 Å². The Labute approximate surface area is 149 Å². The molecular weight excluding hydrogens is 322 g/mol. The number of fused-ring (bicyclic) bond motifs is 2. The molecule has 0 spiro atoms. The molecule has 1 N–H and O–H groups in total. The normalized spacial score (nSPS) is 26.2. The number of likely N-dealkylation sites (tertiary alicyclic amines) is 1. The quantitative estimate of drug-likeness (QED) is 0.662. The maximum Gasteiger partial charge on any atom is 0.333 e. The van der Waals surface area contributed by atoms with Gasteiger partial charge in [0.1, 0.15) is 0 Å². The van der Waals surface area contributed by atoms with E-state index in [4.69, 9.17) is 17.0 Å². The minimum absolute atomic E-state index is 0.178. The fourth-order valence-electron chi connectivity index (χ4n) is 4.08. The molecule has 5 nitrogen and oxygen atoms in total. The van der Waals surface area contributed by atoms with E-state index in [1.165, 1.54) is 12.7 Å². The van der Waals surface area contributed by atoms with Crippen LogP contribution in [0.4, 0.5) is 0 Å². The summed E-state index contributed by atoms with van der Waals surface area (Å²) in [5.41, 5.74) is 0.603. The van der Waals surface area contributed by atoms with Crippen molar-refractivity contribution in [1.82, 2.24) is 15.1 Å². The number of ether oxygens (including phenoxy) is 1. The zero-order valence-electron chi connectivity index (χ0n) is 14.3. The van der Waals surface area contributed by atoms with Crippen LogP contribution in [-0.2, 0) is 16.1 Å². The second-order valence-corrected chi connectivity index (χ2v) is 6.96.